The highest BCUT2D eigenvalue weighted by Gasteiger charge is 2.25. The van der Waals surface area contributed by atoms with Gasteiger partial charge in [-0.05, 0) is 22.8 Å². The van der Waals surface area contributed by atoms with Crippen LogP contribution in [0.3, 0.4) is 0 Å². The largest absolute Gasteiger partial charge is 0.419 e. The predicted octanol–water partition coefficient (Wildman–Crippen LogP) is 2.96. The molecule has 0 unspecified atom stereocenters. The first-order valence-electron chi connectivity index (χ1n) is 6.13. The second-order valence-corrected chi connectivity index (χ2v) is 4.34. The highest BCUT2D eigenvalue weighted by Crippen LogP contribution is 2.20. The van der Waals surface area contributed by atoms with E-state index < -0.39 is 12.0 Å². The molecule has 0 spiro atoms. The highest BCUT2D eigenvalue weighted by molar-refractivity contribution is 6.09. The monoisotopic (exact) mass is 265 g/mol. The number of ether oxygens (including phenoxy) is 1. The summed E-state index contributed by atoms with van der Waals surface area (Å²) in [6.45, 7) is 0. The fourth-order valence-corrected chi connectivity index (χ4v) is 1.97. The van der Waals surface area contributed by atoms with E-state index in [-0.39, 0.29) is 5.76 Å². The molecule has 2 aromatic rings. The van der Waals surface area contributed by atoms with Crippen LogP contribution in [0.2, 0.25) is 0 Å². The molecule has 4 nitrogen and oxygen atoms in total. The predicted molar refractivity (Wildman–Crippen MR) is 74.5 cm³/mol. The maximum absolute atomic E-state index is 11.4. The molecule has 1 aliphatic heterocycles. The molecule has 4 heteroatoms. The third-order valence-corrected chi connectivity index (χ3v) is 2.96. The lowest BCUT2D eigenvalue weighted by Gasteiger charge is -2.02. The van der Waals surface area contributed by atoms with Crippen molar-refractivity contribution in [3.05, 3.63) is 65.9 Å². The zero-order chi connectivity index (χ0) is 13.9. The molecule has 2 amide bonds. The summed E-state index contributed by atoms with van der Waals surface area (Å²) in [5, 5.41) is 2.06. The topological polar surface area (TPSA) is 55.4 Å². The second kappa shape index (κ2) is 5.01. The Morgan fingerprint density at radius 3 is 2.10 bits per heavy atom. The van der Waals surface area contributed by atoms with Gasteiger partial charge in [-0.3, -0.25) is 10.1 Å². The number of hydrogen-bond acceptors (Lipinski definition) is 3. The molecule has 20 heavy (non-hydrogen) atoms. The van der Waals surface area contributed by atoms with Crippen LogP contribution >= 0.6 is 0 Å². The summed E-state index contributed by atoms with van der Waals surface area (Å²) in [4.78, 5) is 22.3. The van der Waals surface area contributed by atoms with Gasteiger partial charge in [0.2, 0.25) is 0 Å². The molecule has 98 valence electrons. The number of hydrogen-bond donors (Lipinski definition) is 1. The number of nitrogens with one attached hydrogen (secondary N) is 1. The van der Waals surface area contributed by atoms with E-state index in [4.69, 9.17) is 4.74 Å². The summed E-state index contributed by atoms with van der Waals surface area (Å²) in [7, 11) is 0. The van der Waals surface area contributed by atoms with Crippen LogP contribution in [0.5, 0.6) is 0 Å². The minimum atomic E-state index is -0.734. The van der Waals surface area contributed by atoms with Crippen molar-refractivity contribution in [2.24, 2.45) is 0 Å². The molecule has 0 aliphatic carbocycles. The zero-order valence-corrected chi connectivity index (χ0v) is 10.5. The summed E-state index contributed by atoms with van der Waals surface area (Å²) < 4.78 is 4.75. The van der Waals surface area contributed by atoms with Crippen LogP contribution in [0.4, 0.5) is 4.79 Å². The second-order valence-electron chi connectivity index (χ2n) is 4.34. The smallest absolute Gasteiger partial charge is 0.404 e. The molecular weight excluding hydrogens is 254 g/mol. The SMILES string of the molecule is O=C1NC(=O)C(=Cc2ccc(-c3ccccc3)cc2)O1. The van der Waals surface area contributed by atoms with E-state index in [0.29, 0.717) is 0 Å². The van der Waals surface area contributed by atoms with Crippen molar-refractivity contribution in [3.8, 4) is 11.1 Å². The summed E-state index contributed by atoms with van der Waals surface area (Å²) >= 11 is 0. The van der Waals surface area contributed by atoms with Crippen molar-refractivity contribution >= 4 is 18.1 Å². The Morgan fingerprint density at radius 2 is 1.50 bits per heavy atom. The van der Waals surface area contributed by atoms with Crippen LogP contribution in [0.25, 0.3) is 17.2 Å². The molecule has 0 aromatic heterocycles. The Hall–Kier alpha value is -2.88. The third kappa shape index (κ3) is 2.44. The van der Waals surface area contributed by atoms with E-state index >= 15 is 0 Å². The minimum Gasteiger partial charge on any atom is -0.404 e. The molecule has 1 saturated heterocycles. The van der Waals surface area contributed by atoms with Gasteiger partial charge in [-0.2, -0.15) is 0 Å². The van der Waals surface area contributed by atoms with Crippen molar-refractivity contribution in [3.63, 3.8) is 0 Å². The van der Waals surface area contributed by atoms with E-state index in [1.54, 1.807) is 0 Å². The van der Waals surface area contributed by atoms with Crippen molar-refractivity contribution in [1.29, 1.82) is 0 Å². The molecule has 0 bridgehead atoms. The fourth-order valence-electron chi connectivity index (χ4n) is 1.97. The van der Waals surface area contributed by atoms with Gasteiger partial charge in [0.05, 0.1) is 0 Å². The lowest BCUT2D eigenvalue weighted by Crippen LogP contribution is -2.18. The maximum atomic E-state index is 11.4. The van der Waals surface area contributed by atoms with Crippen LogP contribution in [0.1, 0.15) is 5.56 Å². The van der Waals surface area contributed by atoms with Crippen LogP contribution < -0.4 is 5.32 Å². The zero-order valence-electron chi connectivity index (χ0n) is 10.5. The summed E-state index contributed by atoms with van der Waals surface area (Å²) in [5.41, 5.74) is 3.00. The number of amides is 2. The van der Waals surface area contributed by atoms with Crippen LogP contribution in [-0.4, -0.2) is 12.0 Å². The van der Waals surface area contributed by atoms with E-state index in [2.05, 4.69) is 5.32 Å². The van der Waals surface area contributed by atoms with Gasteiger partial charge in [-0.1, -0.05) is 54.6 Å². The number of cyclic esters (lactones) is 1. The Labute approximate surface area is 115 Å². The normalized spacial score (nSPS) is 16.1. The van der Waals surface area contributed by atoms with Gasteiger partial charge in [-0.15, -0.1) is 0 Å². The molecule has 1 N–H and O–H groups in total. The number of rotatable bonds is 2. The molecule has 2 aromatic carbocycles. The first kappa shape index (κ1) is 12.2. The average Bonchev–Trinajstić information content (AvgIpc) is 2.79. The number of carbonyl (C=O) groups is 2. The first-order chi connectivity index (χ1) is 9.72. The van der Waals surface area contributed by atoms with Crippen molar-refractivity contribution in [2.45, 2.75) is 0 Å². The standard InChI is InChI=1S/C16H11NO3/c18-15-14(20-16(19)17-15)10-11-6-8-13(9-7-11)12-4-2-1-3-5-12/h1-10H,(H,17,18,19). The first-order valence-corrected chi connectivity index (χ1v) is 6.13. The summed E-state index contributed by atoms with van der Waals surface area (Å²) in [6, 6.07) is 17.6. The Bertz CT molecular complexity index is 687. The number of carbonyl (C=O) groups excluding carboxylic acids is 2. The van der Waals surface area contributed by atoms with Gasteiger partial charge in [0, 0.05) is 0 Å². The lowest BCUT2D eigenvalue weighted by molar-refractivity contribution is -0.116. The van der Waals surface area contributed by atoms with Crippen molar-refractivity contribution < 1.29 is 14.3 Å². The van der Waals surface area contributed by atoms with E-state index in [0.717, 1.165) is 16.7 Å². The Kier molecular flexibility index (Phi) is 3.05. The summed E-state index contributed by atoms with van der Waals surface area (Å²) in [6.07, 6.45) is 0.803. The lowest BCUT2D eigenvalue weighted by atomic mass is 10.0. The van der Waals surface area contributed by atoms with Gasteiger partial charge in [0.25, 0.3) is 5.91 Å². The molecule has 3 rings (SSSR count). The van der Waals surface area contributed by atoms with Gasteiger partial charge in [0.1, 0.15) is 0 Å². The summed E-state index contributed by atoms with van der Waals surface area (Å²) in [5.74, 6) is -0.496. The molecule has 0 saturated carbocycles. The van der Waals surface area contributed by atoms with Crippen LogP contribution in [-0.2, 0) is 9.53 Å². The molecule has 1 aliphatic rings. The molecular formula is C16H11NO3. The third-order valence-electron chi connectivity index (χ3n) is 2.96. The van der Waals surface area contributed by atoms with Gasteiger partial charge in [-0.25, -0.2) is 4.79 Å². The van der Waals surface area contributed by atoms with Gasteiger partial charge in [0.15, 0.2) is 5.76 Å². The average molecular weight is 265 g/mol. The quantitative estimate of drug-likeness (QED) is 0.849. The molecule has 1 heterocycles. The maximum Gasteiger partial charge on any atom is 0.419 e. The van der Waals surface area contributed by atoms with E-state index in [9.17, 15) is 9.59 Å². The van der Waals surface area contributed by atoms with Crippen LogP contribution in [0, 0.1) is 0 Å². The number of benzene rings is 2. The molecule has 0 radical (unpaired) electrons. The van der Waals surface area contributed by atoms with Crippen molar-refractivity contribution in [1.82, 2.24) is 5.32 Å². The van der Waals surface area contributed by atoms with Gasteiger partial charge >= 0.3 is 6.09 Å². The molecule has 0 atom stereocenters. The molecule has 1 fully saturated rings. The highest BCUT2D eigenvalue weighted by atomic mass is 16.6. The number of imide groups is 1. The Balaban J connectivity index is 1.86. The van der Waals surface area contributed by atoms with E-state index in [1.165, 1.54) is 6.08 Å². The van der Waals surface area contributed by atoms with Crippen molar-refractivity contribution in [2.75, 3.05) is 0 Å². The van der Waals surface area contributed by atoms with Crippen LogP contribution in [0.15, 0.2) is 60.4 Å². The Morgan fingerprint density at radius 1 is 0.850 bits per heavy atom. The number of alkyl carbamates (subject to hydrolysis) is 1. The van der Waals surface area contributed by atoms with E-state index in [1.807, 2.05) is 54.6 Å². The fraction of sp³-hybridized carbons (Fsp3) is 0. The van der Waals surface area contributed by atoms with Gasteiger partial charge < -0.3 is 4.74 Å². The minimum absolute atomic E-state index is 0.0162.